The van der Waals surface area contributed by atoms with Gasteiger partial charge in [-0.25, -0.2) is 4.79 Å². The molecule has 1 amide bonds. The minimum Gasteiger partial charge on any atom is -0.484 e. The third-order valence-electron chi connectivity index (χ3n) is 6.75. The molecule has 1 atom stereocenters. The number of nitrogens with zero attached hydrogens (tertiary/aromatic N) is 2. The average Bonchev–Trinajstić information content (AvgIpc) is 3.20. The molecular weight excluding hydrogens is 426 g/mol. The van der Waals surface area contributed by atoms with E-state index in [9.17, 15) is 9.59 Å². The second-order valence-electron chi connectivity index (χ2n) is 9.30. The standard InChI is InChI=1S/C24H35N3O4S/c1-17(2)21(22(29)30-4)25-23(32)27-14-11-24(16-27)9-12-26(13-10-24)20(28)15-31-19-8-6-5-7-18(19)3/h5-8,17,21H,9-16H2,1-4H3,(H,25,32). The molecule has 0 bridgehead atoms. The maximum absolute atomic E-state index is 12.7. The summed E-state index contributed by atoms with van der Waals surface area (Å²) in [6.45, 7) is 9.18. The summed E-state index contributed by atoms with van der Waals surface area (Å²) in [5.74, 6) is 0.575. The zero-order valence-corrected chi connectivity index (χ0v) is 20.4. The van der Waals surface area contributed by atoms with Crippen molar-refractivity contribution < 1.29 is 19.1 Å². The molecule has 176 valence electrons. The number of methoxy groups -OCH3 is 1. The number of amides is 1. The third-order valence-corrected chi connectivity index (χ3v) is 7.12. The number of esters is 1. The first-order valence-electron chi connectivity index (χ1n) is 11.3. The molecule has 2 heterocycles. The smallest absolute Gasteiger partial charge is 0.328 e. The lowest BCUT2D eigenvalue weighted by molar-refractivity contribution is -0.143. The first-order chi connectivity index (χ1) is 15.2. The fourth-order valence-corrected chi connectivity index (χ4v) is 4.83. The normalized spacial score (nSPS) is 18.5. The van der Waals surface area contributed by atoms with Crippen molar-refractivity contribution in [2.75, 3.05) is 39.9 Å². The summed E-state index contributed by atoms with van der Waals surface area (Å²) in [7, 11) is 1.40. The Balaban J connectivity index is 1.48. The van der Waals surface area contributed by atoms with Gasteiger partial charge in [0.05, 0.1) is 7.11 Å². The Morgan fingerprint density at radius 2 is 1.75 bits per heavy atom. The molecule has 0 aliphatic carbocycles. The van der Waals surface area contributed by atoms with E-state index in [0.717, 1.165) is 56.8 Å². The van der Waals surface area contributed by atoms with Crippen molar-refractivity contribution in [1.29, 1.82) is 0 Å². The summed E-state index contributed by atoms with van der Waals surface area (Å²) in [5.41, 5.74) is 1.19. The third kappa shape index (κ3) is 5.71. The van der Waals surface area contributed by atoms with E-state index in [4.69, 9.17) is 21.7 Å². The summed E-state index contributed by atoms with van der Waals surface area (Å²) < 4.78 is 10.6. The molecule has 32 heavy (non-hydrogen) atoms. The highest BCUT2D eigenvalue weighted by Crippen LogP contribution is 2.40. The van der Waals surface area contributed by atoms with Crippen LogP contribution in [0, 0.1) is 18.3 Å². The fourth-order valence-electron chi connectivity index (χ4n) is 4.55. The average molecular weight is 462 g/mol. The number of likely N-dealkylation sites (tertiary alicyclic amines) is 2. The molecular formula is C24H35N3O4S. The number of rotatable bonds is 6. The minimum absolute atomic E-state index is 0.0352. The highest BCUT2D eigenvalue weighted by molar-refractivity contribution is 7.80. The van der Waals surface area contributed by atoms with Crippen LogP contribution in [0.5, 0.6) is 5.75 Å². The van der Waals surface area contributed by atoms with Gasteiger partial charge in [-0.3, -0.25) is 4.79 Å². The van der Waals surface area contributed by atoms with Crippen LogP contribution in [0.2, 0.25) is 0 Å². The van der Waals surface area contributed by atoms with Crippen molar-refractivity contribution in [3.05, 3.63) is 29.8 Å². The molecule has 2 aliphatic rings. The van der Waals surface area contributed by atoms with E-state index in [2.05, 4.69) is 10.2 Å². The first kappa shape index (κ1) is 24.3. The lowest BCUT2D eigenvalue weighted by atomic mass is 9.78. The molecule has 1 N–H and O–H groups in total. The molecule has 8 heteroatoms. The van der Waals surface area contributed by atoms with Crippen LogP contribution < -0.4 is 10.1 Å². The van der Waals surface area contributed by atoms with Crippen LogP contribution in [0.1, 0.15) is 38.7 Å². The zero-order valence-electron chi connectivity index (χ0n) is 19.6. The maximum atomic E-state index is 12.7. The molecule has 1 aromatic carbocycles. The number of hydrogen-bond donors (Lipinski definition) is 1. The number of piperidine rings is 1. The predicted octanol–water partition coefficient (Wildman–Crippen LogP) is 2.76. The molecule has 2 saturated heterocycles. The number of nitrogens with one attached hydrogen (secondary N) is 1. The highest BCUT2D eigenvalue weighted by Gasteiger charge is 2.42. The summed E-state index contributed by atoms with van der Waals surface area (Å²) >= 11 is 5.61. The Morgan fingerprint density at radius 1 is 1.12 bits per heavy atom. The number of benzene rings is 1. The Kier molecular flexibility index (Phi) is 7.98. The van der Waals surface area contributed by atoms with E-state index in [1.807, 2.05) is 49.9 Å². The van der Waals surface area contributed by atoms with Crippen LogP contribution in [-0.2, 0) is 14.3 Å². The highest BCUT2D eigenvalue weighted by atomic mass is 32.1. The monoisotopic (exact) mass is 461 g/mol. The molecule has 2 fully saturated rings. The lowest BCUT2D eigenvalue weighted by Crippen LogP contribution is -2.51. The van der Waals surface area contributed by atoms with Crippen LogP contribution in [0.15, 0.2) is 24.3 Å². The number of carbonyl (C=O) groups is 2. The largest absolute Gasteiger partial charge is 0.484 e. The fraction of sp³-hybridized carbons (Fsp3) is 0.625. The van der Waals surface area contributed by atoms with E-state index in [1.54, 1.807) is 0 Å². The number of carbonyl (C=O) groups excluding carboxylic acids is 2. The van der Waals surface area contributed by atoms with Crippen molar-refractivity contribution in [3.63, 3.8) is 0 Å². The van der Waals surface area contributed by atoms with Gasteiger partial charge in [0.2, 0.25) is 0 Å². The Morgan fingerprint density at radius 3 is 2.34 bits per heavy atom. The number of ether oxygens (including phenoxy) is 2. The number of hydrogen-bond acceptors (Lipinski definition) is 5. The minimum atomic E-state index is -0.447. The van der Waals surface area contributed by atoms with Gasteiger partial charge in [0.1, 0.15) is 11.8 Å². The van der Waals surface area contributed by atoms with Gasteiger partial charge in [-0.15, -0.1) is 0 Å². The van der Waals surface area contributed by atoms with Gasteiger partial charge in [-0.2, -0.15) is 0 Å². The van der Waals surface area contributed by atoms with Crippen molar-refractivity contribution in [3.8, 4) is 5.75 Å². The van der Waals surface area contributed by atoms with Crippen molar-refractivity contribution in [2.45, 2.75) is 46.1 Å². The van der Waals surface area contributed by atoms with E-state index >= 15 is 0 Å². The van der Waals surface area contributed by atoms with E-state index in [1.165, 1.54) is 7.11 Å². The summed E-state index contributed by atoms with van der Waals surface area (Å²) in [5, 5.41) is 3.80. The van der Waals surface area contributed by atoms with Crippen molar-refractivity contribution in [1.82, 2.24) is 15.1 Å². The van der Waals surface area contributed by atoms with Gasteiger partial charge in [-0.1, -0.05) is 32.0 Å². The molecule has 3 rings (SSSR count). The molecule has 0 saturated carbocycles. The Hall–Kier alpha value is -2.35. The summed E-state index contributed by atoms with van der Waals surface area (Å²) in [6.07, 6.45) is 2.95. The topological polar surface area (TPSA) is 71.1 Å². The van der Waals surface area contributed by atoms with Gasteiger partial charge >= 0.3 is 5.97 Å². The van der Waals surface area contributed by atoms with Gasteiger partial charge in [-0.05, 0) is 61.4 Å². The second kappa shape index (κ2) is 10.5. The molecule has 1 unspecified atom stereocenters. The maximum Gasteiger partial charge on any atom is 0.328 e. The zero-order chi connectivity index (χ0) is 23.3. The Labute approximate surface area is 196 Å². The molecule has 1 spiro atoms. The lowest BCUT2D eigenvalue weighted by Gasteiger charge is -2.39. The number of thiocarbonyl (C=S) groups is 1. The Bertz CT molecular complexity index is 836. The molecule has 2 aliphatic heterocycles. The molecule has 0 radical (unpaired) electrons. The van der Waals surface area contributed by atoms with Crippen LogP contribution in [0.4, 0.5) is 0 Å². The SMILES string of the molecule is COC(=O)C(NC(=S)N1CCC2(CCN(C(=O)COc3ccccc3C)CC2)C1)C(C)C. The van der Waals surface area contributed by atoms with Gasteiger partial charge in [0.15, 0.2) is 11.7 Å². The molecule has 0 aromatic heterocycles. The molecule has 1 aromatic rings. The van der Waals surface area contributed by atoms with Gasteiger partial charge in [0.25, 0.3) is 5.91 Å². The van der Waals surface area contributed by atoms with Crippen molar-refractivity contribution in [2.24, 2.45) is 11.3 Å². The van der Waals surface area contributed by atoms with Crippen LogP contribution in [0.25, 0.3) is 0 Å². The molecule has 7 nitrogen and oxygen atoms in total. The number of aryl methyl sites for hydroxylation is 1. The van der Waals surface area contributed by atoms with E-state index in [-0.39, 0.29) is 29.8 Å². The van der Waals surface area contributed by atoms with Crippen LogP contribution in [-0.4, -0.2) is 72.7 Å². The van der Waals surface area contributed by atoms with Gasteiger partial charge in [0, 0.05) is 26.2 Å². The van der Waals surface area contributed by atoms with Crippen molar-refractivity contribution >= 4 is 29.2 Å². The van der Waals surface area contributed by atoms with E-state index in [0.29, 0.717) is 5.11 Å². The van der Waals surface area contributed by atoms with Crippen LogP contribution >= 0.6 is 12.2 Å². The summed E-state index contributed by atoms with van der Waals surface area (Å²) in [6, 6.07) is 7.29. The quantitative estimate of drug-likeness (QED) is 0.516. The number of para-hydroxylation sites is 1. The predicted molar refractivity (Wildman–Crippen MR) is 127 cm³/mol. The second-order valence-corrected chi connectivity index (χ2v) is 9.69. The van der Waals surface area contributed by atoms with Crippen LogP contribution in [0.3, 0.4) is 0 Å². The van der Waals surface area contributed by atoms with Gasteiger partial charge < -0.3 is 24.6 Å². The van der Waals surface area contributed by atoms with E-state index < -0.39 is 6.04 Å². The first-order valence-corrected chi connectivity index (χ1v) is 11.7. The summed E-state index contributed by atoms with van der Waals surface area (Å²) in [4.78, 5) is 28.8.